The van der Waals surface area contributed by atoms with E-state index in [9.17, 15) is 8.42 Å². The van der Waals surface area contributed by atoms with Gasteiger partial charge in [0.05, 0.1) is 20.0 Å². The van der Waals surface area contributed by atoms with Gasteiger partial charge in [0, 0.05) is 18.0 Å². The van der Waals surface area contributed by atoms with E-state index in [1.807, 2.05) is 18.4 Å². The summed E-state index contributed by atoms with van der Waals surface area (Å²) in [5, 5.41) is 3.13. The second-order valence-electron chi connectivity index (χ2n) is 4.22. The van der Waals surface area contributed by atoms with E-state index in [-0.39, 0.29) is 5.75 Å². The first-order chi connectivity index (χ1) is 9.97. The van der Waals surface area contributed by atoms with E-state index in [1.165, 1.54) is 7.05 Å². The van der Waals surface area contributed by atoms with Crippen LogP contribution >= 0.6 is 11.8 Å². The normalized spacial score (nSPS) is 11.4. The number of sulfonamides is 1. The molecule has 0 unspecified atom stereocenters. The highest BCUT2D eigenvalue weighted by atomic mass is 32.2. The molecule has 0 amide bonds. The third kappa shape index (κ3) is 5.39. The third-order valence-corrected chi connectivity index (χ3v) is 5.14. The lowest BCUT2D eigenvalue weighted by Crippen LogP contribution is -2.29. The van der Waals surface area contributed by atoms with Crippen molar-refractivity contribution < 1.29 is 17.9 Å². The third-order valence-electron chi connectivity index (χ3n) is 2.96. The lowest BCUT2D eigenvalue weighted by Gasteiger charge is -2.14. The number of rotatable bonds is 9. The molecule has 21 heavy (non-hydrogen) atoms. The maximum atomic E-state index is 11.3. The average Bonchev–Trinajstić information content (AvgIpc) is 2.50. The smallest absolute Gasteiger partial charge is 0.212 e. The first kappa shape index (κ1) is 18.1. The minimum atomic E-state index is -3.18. The molecule has 1 aromatic rings. The number of hydrogen-bond donors (Lipinski definition) is 2. The van der Waals surface area contributed by atoms with Crippen LogP contribution in [0.3, 0.4) is 0 Å². The Bertz CT molecular complexity index is 562. The minimum Gasteiger partial charge on any atom is -0.493 e. The quantitative estimate of drug-likeness (QED) is 0.519. The number of benzene rings is 1. The second-order valence-corrected chi connectivity index (χ2v) is 7.11. The van der Waals surface area contributed by atoms with Crippen LogP contribution in [-0.4, -0.2) is 48.2 Å². The summed E-state index contributed by atoms with van der Waals surface area (Å²) >= 11 is 1.61. The fourth-order valence-electron chi connectivity index (χ4n) is 1.76. The number of methoxy groups -OCH3 is 2. The van der Waals surface area contributed by atoms with Crippen LogP contribution < -0.4 is 19.5 Å². The molecule has 8 heteroatoms. The van der Waals surface area contributed by atoms with Gasteiger partial charge < -0.3 is 14.8 Å². The van der Waals surface area contributed by atoms with Crippen LogP contribution in [0.5, 0.6) is 11.5 Å². The van der Waals surface area contributed by atoms with Gasteiger partial charge >= 0.3 is 0 Å². The number of nitrogens with one attached hydrogen (secondary N) is 2. The molecular formula is C13H22N2O4S2. The van der Waals surface area contributed by atoms with Gasteiger partial charge in [0.15, 0.2) is 11.5 Å². The van der Waals surface area contributed by atoms with Crippen molar-refractivity contribution in [3.63, 3.8) is 0 Å². The lowest BCUT2D eigenvalue weighted by atomic mass is 10.2. The van der Waals surface area contributed by atoms with Crippen LogP contribution in [0.25, 0.3) is 0 Å². The van der Waals surface area contributed by atoms with Crippen molar-refractivity contribution >= 4 is 21.8 Å². The Morgan fingerprint density at radius 2 is 1.81 bits per heavy atom. The van der Waals surface area contributed by atoms with E-state index in [4.69, 9.17) is 9.47 Å². The molecular weight excluding hydrogens is 312 g/mol. The number of thioether (sulfide) groups is 1. The Kier molecular flexibility index (Phi) is 7.30. The lowest BCUT2D eigenvalue weighted by molar-refractivity contribution is 0.353. The topological polar surface area (TPSA) is 76.7 Å². The Morgan fingerprint density at radius 1 is 1.19 bits per heavy atom. The maximum absolute atomic E-state index is 11.3. The van der Waals surface area contributed by atoms with E-state index in [2.05, 4.69) is 10.0 Å². The largest absolute Gasteiger partial charge is 0.493 e. The van der Waals surface area contributed by atoms with Gasteiger partial charge in [-0.3, -0.25) is 0 Å². The number of hydrogen-bond acceptors (Lipinski definition) is 6. The van der Waals surface area contributed by atoms with Crippen LogP contribution in [0, 0.1) is 0 Å². The first-order valence-corrected chi connectivity index (χ1v) is 9.26. The minimum absolute atomic E-state index is 0.0470. The fourth-order valence-corrected chi connectivity index (χ4v) is 3.00. The summed E-state index contributed by atoms with van der Waals surface area (Å²) in [6, 6.07) is 3.83. The molecule has 0 aliphatic carbocycles. The van der Waals surface area contributed by atoms with Gasteiger partial charge in [0.25, 0.3) is 0 Å². The molecule has 0 aliphatic heterocycles. The fraction of sp³-hybridized carbons (Fsp3) is 0.538. The molecule has 0 fully saturated rings. The zero-order valence-electron chi connectivity index (χ0n) is 12.7. The Morgan fingerprint density at radius 3 is 2.33 bits per heavy atom. The zero-order valence-corrected chi connectivity index (χ0v) is 14.4. The second kappa shape index (κ2) is 8.47. The molecule has 2 N–H and O–H groups in total. The van der Waals surface area contributed by atoms with Crippen molar-refractivity contribution in [3.8, 4) is 11.5 Å². The number of ether oxygens (including phenoxy) is 2. The molecule has 0 heterocycles. The molecule has 0 radical (unpaired) electrons. The predicted octanol–water partition coefficient (Wildman–Crippen LogP) is 1.06. The molecule has 6 nitrogen and oxygen atoms in total. The molecule has 0 atom stereocenters. The average molecular weight is 334 g/mol. The van der Waals surface area contributed by atoms with E-state index >= 15 is 0 Å². The molecule has 1 aromatic carbocycles. The van der Waals surface area contributed by atoms with E-state index < -0.39 is 10.0 Å². The monoisotopic (exact) mass is 334 g/mol. The summed E-state index contributed by atoms with van der Waals surface area (Å²) in [5.41, 5.74) is 1.04. The molecule has 120 valence electrons. The van der Waals surface area contributed by atoms with Gasteiger partial charge in [0.1, 0.15) is 0 Å². The van der Waals surface area contributed by atoms with Crippen molar-refractivity contribution in [1.82, 2.24) is 10.0 Å². The van der Waals surface area contributed by atoms with Crippen LogP contribution in [-0.2, 0) is 16.6 Å². The summed E-state index contributed by atoms with van der Waals surface area (Å²) in [5.74, 6) is 1.39. The molecule has 0 saturated heterocycles. The Balaban J connectivity index is 2.74. The van der Waals surface area contributed by atoms with Gasteiger partial charge in [-0.25, -0.2) is 13.1 Å². The van der Waals surface area contributed by atoms with Gasteiger partial charge in [-0.05, 0) is 31.0 Å². The summed E-state index contributed by atoms with van der Waals surface area (Å²) in [7, 11) is 1.43. The Labute approximate surface area is 130 Å². The summed E-state index contributed by atoms with van der Waals surface area (Å²) in [6.45, 7) is 0.946. The van der Waals surface area contributed by atoms with E-state index in [1.54, 1.807) is 26.0 Å². The van der Waals surface area contributed by atoms with Crippen molar-refractivity contribution in [2.45, 2.75) is 11.4 Å². The van der Waals surface area contributed by atoms with Crippen molar-refractivity contribution in [2.75, 3.05) is 39.8 Å². The van der Waals surface area contributed by atoms with E-state index in [0.29, 0.717) is 24.6 Å². The summed E-state index contributed by atoms with van der Waals surface area (Å²) in [4.78, 5) is 1.07. The molecule has 0 aliphatic rings. The Hall–Kier alpha value is -0.960. The summed E-state index contributed by atoms with van der Waals surface area (Å²) < 4.78 is 35.5. The van der Waals surface area contributed by atoms with Crippen molar-refractivity contribution in [2.24, 2.45) is 0 Å². The zero-order chi connectivity index (χ0) is 15.9. The highest BCUT2D eigenvalue weighted by Gasteiger charge is 2.11. The highest BCUT2D eigenvalue weighted by Crippen LogP contribution is 2.34. The predicted molar refractivity (Wildman–Crippen MR) is 85.9 cm³/mol. The molecule has 0 spiro atoms. The van der Waals surface area contributed by atoms with Crippen LogP contribution in [0.1, 0.15) is 5.56 Å². The molecule has 0 aromatic heterocycles. The maximum Gasteiger partial charge on any atom is 0.212 e. The van der Waals surface area contributed by atoms with Crippen LogP contribution in [0.4, 0.5) is 0 Å². The van der Waals surface area contributed by atoms with Gasteiger partial charge in [-0.15, -0.1) is 11.8 Å². The molecule has 0 saturated carbocycles. The van der Waals surface area contributed by atoms with Crippen LogP contribution in [0.15, 0.2) is 17.0 Å². The first-order valence-electron chi connectivity index (χ1n) is 6.38. The standard InChI is InChI=1S/C13H22N2O4S2/c1-14-21(16,17)6-5-15-9-10-7-11(18-2)12(19-3)8-13(10)20-4/h7-8,14-15H,5-6,9H2,1-4H3. The highest BCUT2D eigenvalue weighted by molar-refractivity contribution is 7.98. The van der Waals surface area contributed by atoms with E-state index in [0.717, 1.165) is 10.5 Å². The SMILES string of the molecule is CNS(=O)(=O)CCNCc1cc(OC)c(OC)cc1SC. The van der Waals surface area contributed by atoms with Crippen molar-refractivity contribution in [3.05, 3.63) is 17.7 Å². The van der Waals surface area contributed by atoms with Gasteiger partial charge in [-0.1, -0.05) is 0 Å². The summed E-state index contributed by atoms with van der Waals surface area (Å²) in [6.07, 6.45) is 1.98. The molecule has 1 rings (SSSR count). The van der Waals surface area contributed by atoms with Crippen molar-refractivity contribution in [1.29, 1.82) is 0 Å². The van der Waals surface area contributed by atoms with Gasteiger partial charge in [0.2, 0.25) is 10.0 Å². The molecule has 0 bridgehead atoms. The van der Waals surface area contributed by atoms with Gasteiger partial charge in [-0.2, -0.15) is 0 Å². The van der Waals surface area contributed by atoms with Crippen LogP contribution in [0.2, 0.25) is 0 Å².